The van der Waals surface area contributed by atoms with E-state index in [0.29, 0.717) is 19.8 Å². The molecule has 6 nitrogen and oxygen atoms in total. The largest absolute Gasteiger partial charge is 0.395 e. The van der Waals surface area contributed by atoms with Gasteiger partial charge >= 0.3 is 0 Å². The van der Waals surface area contributed by atoms with Gasteiger partial charge in [0.2, 0.25) is 5.91 Å². The van der Waals surface area contributed by atoms with E-state index < -0.39 is 0 Å². The molecule has 2 saturated heterocycles. The number of nitrogens with zero attached hydrogens (tertiary/aromatic N) is 2. The monoisotopic (exact) mass is 299 g/mol. The predicted octanol–water partition coefficient (Wildman–Crippen LogP) is -0.472. The molecule has 2 N–H and O–H groups in total. The third kappa shape index (κ3) is 4.64. The molecule has 2 unspecified atom stereocenters. The van der Waals surface area contributed by atoms with Crippen molar-refractivity contribution in [3.05, 3.63) is 0 Å². The van der Waals surface area contributed by atoms with Crippen LogP contribution in [0.3, 0.4) is 0 Å². The van der Waals surface area contributed by atoms with Crippen LogP contribution in [0.5, 0.6) is 0 Å². The van der Waals surface area contributed by atoms with E-state index in [1.807, 2.05) is 4.90 Å². The second-order valence-corrected chi connectivity index (χ2v) is 5.95. The van der Waals surface area contributed by atoms with Crippen LogP contribution >= 0.6 is 0 Å². The molecule has 0 bridgehead atoms. The highest BCUT2D eigenvalue weighted by Crippen LogP contribution is 2.18. The molecule has 2 rings (SSSR count). The zero-order chi connectivity index (χ0) is 15.1. The molecular formula is C15H29N3O3. The fourth-order valence-corrected chi connectivity index (χ4v) is 3.12. The van der Waals surface area contributed by atoms with Gasteiger partial charge in [0.05, 0.1) is 25.7 Å². The van der Waals surface area contributed by atoms with Crippen molar-refractivity contribution in [3.8, 4) is 0 Å². The number of hydrogen-bond acceptors (Lipinski definition) is 5. The van der Waals surface area contributed by atoms with E-state index in [0.717, 1.165) is 45.6 Å². The lowest BCUT2D eigenvalue weighted by Crippen LogP contribution is -2.47. The normalized spacial score (nSPS) is 27.8. The first-order valence-corrected chi connectivity index (χ1v) is 8.19. The summed E-state index contributed by atoms with van der Waals surface area (Å²) >= 11 is 0. The highest BCUT2D eigenvalue weighted by molar-refractivity contribution is 5.80. The summed E-state index contributed by atoms with van der Waals surface area (Å²) in [5.74, 6) is 0.188. The molecule has 2 fully saturated rings. The number of ether oxygens (including phenoxy) is 1. The van der Waals surface area contributed by atoms with Crippen molar-refractivity contribution >= 4 is 5.91 Å². The van der Waals surface area contributed by atoms with E-state index in [2.05, 4.69) is 17.1 Å². The zero-order valence-electron chi connectivity index (χ0n) is 13.1. The molecule has 0 saturated carbocycles. The van der Waals surface area contributed by atoms with E-state index in [1.165, 1.54) is 0 Å². The molecule has 2 aliphatic heterocycles. The molecule has 1 amide bonds. The second-order valence-electron chi connectivity index (χ2n) is 5.95. The number of carbonyl (C=O) groups excluding carboxylic acids is 1. The summed E-state index contributed by atoms with van der Waals surface area (Å²) in [5.41, 5.74) is 0. The number of nitrogens with one attached hydrogen (secondary N) is 1. The first-order chi connectivity index (χ1) is 10.3. The highest BCUT2D eigenvalue weighted by atomic mass is 16.5. The van der Waals surface area contributed by atoms with Gasteiger partial charge in [-0.25, -0.2) is 0 Å². The van der Waals surface area contributed by atoms with E-state index in [-0.39, 0.29) is 24.5 Å². The Balaban J connectivity index is 1.86. The second kappa shape index (κ2) is 8.68. The minimum atomic E-state index is -0.0408. The fraction of sp³-hybridized carbons (Fsp3) is 0.933. The van der Waals surface area contributed by atoms with Crippen LogP contribution in [0.15, 0.2) is 0 Å². The molecule has 0 spiro atoms. The predicted molar refractivity (Wildman–Crippen MR) is 81.1 cm³/mol. The Morgan fingerprint density at radius 2 is 2.14 bits per heavy atom. The van der Waals surface area contributed by atoms with E-state index in [4.69, 9.17) is 9.84 Å². The van der Waals surface area contributed by atoms with Crippen LogP contribution in [0.2, 0.25) is 0 Å². The third-order valence-corrected chi connectivity index (χ3v) is 4.37. The van der Waals surface area contributed by atoms with Crippen LogP contribution in [-0.4, -0.2) is 85.9 Å². The maximum atomic E-state index is 12.7. The number of amides is 1. The summed E-state index contributed by atoms with van der Waals surface area (Å²) in [5, 5.41) is 12.5. The van der Waals surface area contributed by atoms with Crippen molar-refractivity contribution in [2.24, 2.45) is 5.92 Å². The van der Waals surface area contributed by atoms with Gasteiger partial charge in [0.15, 0.2) is 0 Å². The number of carbonyl (C=O) groups is 1. The van der Waals surface area contributed by atoms with Gasteiger partial charge in [0.1, 0.15) is 0 Å². The average Bonchev–Trinajstić information content (AvgIpc) is 2.83. The molecule has 2 aliphatic rings. The first-order valence-electron chi connectivity index (χ1n) is 8.19. The molecule has 6 heteroatoms. The van der Waals surface area contributed by atoms with Gasteiger partial charge in [-0.2, -0.15) is 0 Å². The van der Waals surface area contributed by atoms with Crippen molar-refractivity contribution in [1.82, 2.24) is 15.1 Å². The smallest absolute Gasteiger partial charge is 0.229 e. The molecular weight excluding hydrogens is 270 g/mol. The maximum absolute atomic E-state index is 12.7. The van der Waals surface area contributed by atoms with Gasteiger partial charge in [-0.1, -0.05) is 6.92 Å². The summed E-state index contributed by atoms with van der Waals surface area (Å²) < 4.78 is 5.52. The number of aliphatic hydroxyl groups is 1. The Morgan fingerprint density at radius 1 is 1.29 bits per heavy atom. The lowest BCUT2D eigenvalue weighted by atomic mass is 10.0. The minimum Gasteiger partial charge on any atom is -0.395 e. The SMILES string of the molecule is CCCNC1COCC1C(=O)N1CCCN(CCO)CC1. The molecule has 122 valence electrons. The molecule has 0 aromatic carbocycles. The summed E-state index contributed by atoms with van der Waals surface area (Å²) in [6.07, 6.45) is 2.05. The number of hydrogen-bond donors (Lipinski definition) is 2. The summed E-state index contributed by atoms with van der Waals surface area (Å²) in [6.45, 7) is 8.52. The Bertz CT molecular complexity index is 327. The number of rotatable bonds is 6. The maximum Gasteiger partial charge on any atom is 0.229 e. The molecule has 21 heavy (non-hydrogen) atoms. The molecule has 2 atom stereocenters. The Morgan fingerprint density at radius 3 is 2.90 bits per heavy atom. The Hall–Kier alpha value is -0.690. The number of β-amino-alcohol motifs (C(OH)–C–C–N with tert-alkyl or cyclic N) is 1. The van der Waals surface area contributed by atoms with Crippen LogP contribution in [0.4, 0.5) is 0 Å². The zero-order valence-corrected chi connectivity index (χ0v) is 13.1. The summed E-state index contributed by atoms with van der Waals surface area (Å²) in [4.78, 5) is 16.9. The quantitative estimate of drug-likeness (QED) is 0.694. The standard InChI is InChI=1S/C15H29N3O3/c1-2-4-16-14-12-21-11-13(14)15(20)18-6-3-5-17(7-8-18)9-10-19/h13-14,16,19H,2-12H2,1H3. The van der Waals surface area contributed by atoms with Crippen molar-refractivity contribution in [2.75, 3.05) is 59.1 Å². The van der Waals surface area contributed by atoms with Gasteiger partial charge in [-0.3, -0.25) is 9.69 Å². The highest BCUT2D eigenvalue weighted by Gasteiger charge is 2.36. The van der Waals surface area contributed by atoms with Crippen molar-refractivity contribution in [3.63, 3.8) is 0 Å². The van der Waals surface area contributed by atoms with Crippen LogP contribution in [0.25, 0.3) is 0 Å². The lowest BCUT2D eigenvalue weighted by molar-refractivity contribution is -0.135. The topological polar surface area (TPSA) is 65.0 Å². The molecule has 0 aliphatic carbocycles. The van der Waals surface area contributed by atoms with Crippen molar-refractivity contribution in [2.45, 2.75) is 25.8 Å². The first kappa shape index (κ1) is 16.7. The summed E-state index contributed by atoms with van der Waals surface area (Å²) in [7, 11) is 0. The van der Waals surface area contributed by atoms with Crippen LogP contribution < -0.4 is 5.32 Å². The third-order valence-electron chi connectivity index (χ3n) is 4.37. The molecule has 0 radical (unpaired) electrons. The Kier molecular flexibility index (Phi) is 6.89. The summed E-state index contributed by atoms with van der Waals surface area (Å²) in [6, 6.07) is 0.161. The van der Waals surface area contributed by atoms with Crippen LogP contribution in [0, 0.1) is 5.92 Å². The Labute approximate surface area is 127 Å². The van der Waals surface area contributed by atoms with E-state index >= 15 is 0 Å². The molecule has 0 aromatic rings. The average molecular weight is 299 g/mol. The van der Waals surface area contributed by atoms with Gasteiger partial charge in [0.25, 0.3) is 0 Å². The van der Waals surface area contributed by atoms with Crippen molar-refractivity contribution < 1.29 is 14.6 Å². The lowest BCUT2D eigenvalue weighted by Gasteiger charge is -2.27. The van der Waals surface area contributed by atoms with Gasteiger partial charge in [-0.15, -0.1) is 0 Å². The van der Waals surface area contributed by atoms with E-state index in [9.17, 15) is 4.79 Å². The fourth-order valence-electron chi connectivity index (χ4n) is 3.12. The van der Waals surface area contributed by atoms with Gasteiger partial charge in [0, 0.05) is 32.2 Å². The van der Waals surface area contributed by atoms with Gasteiger partial charge in [-0.05, 0) is 25.9 Å². The van der Waals surface area contributed by atoms with E-state index in [1.54, 1.807) is 0 Å². The number of aliphatic hydroxyl groups excluding tert-OH is 1. The van der Waals surface area contributed by atoms with Crippen molar-refractivity contribution in [1.29, 1.82) is 0 Å². The van der Waals surface area contributed by atoms with Crippen LogP contribution in [0.1, 0.15) is 19.8 Å². The molecule has 0 aromatic heterocycles. The minimum absolute atomic E-state index is 0.0408. The molecule has 2 heterocycles. The van der Waals surface area contributed by atoms with Crippen LogP contribution in [-0.2, 0) is 9.53 Å². The van der Waals surface area contributed by atoms with Gasteiger partial charge < -0.3 is 20.1 Å².